The number of fused-ring (bicyclic) bond motifs is 1. The highest BCUT2D eigenvalue weighted by Crippen LogP contribution is 2.35. The van der Waals surface area contributed by atoms with Crippen LogP contribution in [0.2, 0.25) is 5.02 Å². The summed E-state index contributed by atoms with van der Waals surface area (Å²) in [6.45, 7) is 6.85. The highest BCUT2D eigenvalue weighted by molar-refractivity contribution is 6.35. The third-order valence-electron chi connectivity index (χ3n) is 6.10. The fourth-order valence-corrected chi connectivity index (χ4v) is 4.10. The Labute approximate surface area is 163 Å². The normalized spacial score (nSPS) is 18.4. The Balaban J connectivity index is 1.70. The number of anilines is 1. The minimum atomic E-state index is -0.0667. The summed E-state index contributed by atoms with van der Waals surface area (Å²) in [5.74, 6) is 0.745. The molecule has 1 fully saturated rings. The van der Waals surface area contributed by atoms with E-state index in [4.69, 9.17) is 16.6 Å². The van der Waals surface area contributed by atoms with Crippen molar-refractivity contribution in [2.75, 3.05) is 18.0 Å². The predicted molar refractivity (Wildman–Crippen MR) is 108 cm³/mol. The molecule has 2 aromatic heterocycles. The lowest BCUT2D eigenvalue weighted by atomic mass is 9.78. The number of rotatable bonds is 3. The van der Waals surface area contributed by atoms with Crippen molar-refractivity contribution in [2.45, 2.75) is 39.7 Å². The van der Waals surface area contributed by atoms with Gasteiger partial charge in [0.15, 0.2) is 0 Å². The van der Waals surface area contributed by atoms with E-state index in [0.29, 0.717) is 28.3 Å². The highest BCUT2D eigenvalue weighted by Gasteiger charge is 2.32. The maximum Gasteiger partial charge on any atom is 0.264 e. The van der Waals surface area contributed by atoms with E-state index in [1.165, 1.54) is 6.42 Å². The molecule has 6 nitrogen and oxygen atoms in total. The van der Waals surface area contributed by atoms with Crippen molar-refractivity contribution in [3.63, 3.8) is 0 Å². The van der Waals surface area contributed by atoms with Gasteiger partial charge in [-0.15, -0.1) is 0 Å². The van der Waals surface area contributed by atoms with E-state index in [9.17, 15) is 4.79 Å². The fraction of sp³-hybridized carbons (Fsp3) is 0.500. The molecule has 0 unspecified atom stereocenters. The molecule has 27 heavy (non-hydrogen) atoms. The third-order valence-corrected chi connectivity index (χ3v) is 6.40. The molecular weight excluding hydrogens is 362 g/mol. The van der Waals surface area contributed by atoms with Gasteiger partial charge in [0.2, 0.25) is 5.95 Å². The SMILES string of the molecule is CCC1(C)CCN(c2nc3c(c(=O)n2C)C(c2ccncc2Cl)=NC3)CC1. The van der Waals surface area contributed by atoms with Crippen molar-refractivity contribution in [3.8, 4) is 0 Å². The molecule has 2 aliphatic heterocycles. The molecule has 2 aliphatic rings. The summed E-state index contributed by atoms with van der Waals surface area (Å²) in [5.41, 5.74) is 2.97. The number of piperidine rings is 1. The molecule has 0 bridgehead atoms. The van der Waals surface area contributed by atoms with Gasteiger partial charge in [-0.05, 0) is 24.3 Å². The largest absolute Gasteiger partial charge is 0.342 e. The van der Waals surface area contributed by atoms with E-state index in [1.54, 1.807) is 30.1 Å². The average Bonchev–Trinajstić information content (AvgIpc) is 3.10. The number of pyridine rings is 1. The van der Waals surface area contributed by atoms with Crippen LogP contribution >= 0.6 is 11.6 Å². The second-order valence-corrected chi connectivity index (χ2v) is 8.18. The van der Waals surface area contributed by atoms with E-state index in [2.05, 4.69) is 28.7 Å². The zero-order valence-electron chi connectivity index (χ0n) is 16.0. The van der Waals surface area contributed by atoms with Crippen molar-refractivity contribution in [1.82, 2.24) is 14.5 Å². The molecule has 7 heteroatoms. The zero-order chi connectivity index (χ0) is 19.2. The molecule has 1 saturated heterocycles. The van der Waals surface area contributed by atoms with Crippen molar-refractivity contribution in [1.29, 1.82) is 0 Å². The number of aliphatic imine (C=N–C) groups is 1. The number of nitrogens with zero attached hydrogens (tertiary/aromatic N) is 5. The van der Waals surface area contributed by atoms with Crippen LogP contribution in [0.1, 0.15) is 49.9 Å². The van der Waals surface area contributed by atoms with Gasteiger partial charge in [0, 0.05) is 38.1 Å². The summed E-state index contributed by atoms with van der Waals surface area (Å²) in [7, 11) is 1.79. The van der Waals surface area contributed by atoms with Gasteiger partial charge in [-0.2, -0.15) is 0 Å². The van der Waals surface area contributed by atoms with Gasteiger partial charge in [0.05, 0.1) is 28.5 Å². The van der Waals surface area contributed by atoms with Crippen molar-refractivity contribution in [3.05, 3.63) is 50.7 Å². The van der Waals surface area contributed by atoms with Crippen LogP contribution in [0.3, 0.4) is 0 Å². The monoisotopic (exact) mass is 385 g/mol. The van der Waals surface area contributed by atoms with Crippen molar-refractivity contribution in [2.24, 2.45) is 17.5 Å². The maximum absolute atomic E-state index is 13.2. The summed E-state index contributed by atoms with van der Waals surface area (Å²) >= 11 is 6.28. The lowest BCUT2D eigenvalue weighted by molar-refractivity contribution is 0.236. The van der Waals surface area contributed by atoms with E-state index < -0.39 is 0 Å². The fourth-order valence-electron chi connectivity index (χ4n) is 3.89. The van der Waals surface area contributed by atoms with Gasteiger partial charge in [-0.25, -0.2) is 4.98 Å². The lowest BCUT2D eigenvalue weighted by Gasteiger charge is -2.39. The zero-order valence-corrected chi connectivity index (χ0v) is 16.8. The van der Waals surface area contributed by atoms with E-state index >= 15 is 0 Å². The van der Waals surface area contributed by atoms with Crippen LogP contribution in [0.25, 0.3) is 0 Å². The average molecular weight is 386 g/mol. The first-order valence-electron chi connectivity index (χ1n) is 9.43. The van der Waals surface area contributed by atoms with Gasteiger partial charge in [-0.1, -0.05) is 31.9 Å². The first-order chi connectivity index (χ1) is 12.9. The smallest absolute Gasteiger partial charge is 0.264 e. The minimum absolute atomic E-state index is 0.0667. The molecule has 0 aliphatic carbocycles. The topological polar surface area (TPSA) is 63.4 Å². The molecule has 0 atom stereocenters. The summed E-state index contributed by atoms with van der Waals surface area (Å²) in [6.07, 6.45) is 6.64. The van der Waals surface area contributed by atoms with Gasteiger partial charge in [0.25, 0.3) is 5.56 Å². The summed E-state index contributed by atoms with van der Waals surface area (Å²) in [4.78, 5) is 28.8. The Bertz CT molecular complexity index is 973. The van der Waals surface area contributed by atoms with Crippen LogP contribution in [0, 0.1) is 5.41 Å². The molecule has 4 rings (SSSR count). The Morgan fingerprint density at radius 3 is 2.70 bits per heavy atom. The molecule has 0 radical (unpaired) electrons. The molecule has 0 amide bonds. The van der Waals surface area contributed by atoms with E-state index in [1.807, 2.05) is 0 Å². The minimum Gasteiger partial charge on any atom is -0.342 e. The summed E-state index contributed by atoms with van der Waals surface area (Å²) in [6, 6.07) is 1.79. The molecular formula is C20H24ClN5O. The van der Waals surface area contributed by atoms with Crippen molar-refractivity contribution < 1.29 is 0 Å². The molecule has 0 N–H and O–H groups in total. The quantitative estimate of drug-likeness (QED) is 0.813. The molecule has 142 valence electrons. The van der Waals surface area contributed by atoms with E-state index in [0.717, 1.165) is 43.1 Å². The highest BCUT2D eigenvalue weighted by atomic mass is 35.5. The first kappa shape index (κ1) is 18.2. The summed E-state index contributed by atoms with van der Waals surface area (Å²) in [5, 5.41) is 0.491. The number of aromatic nitrogens is 3. The second kappa shape index (κ2) is 6.75. The molecule has 0 aromatic carbocycles. The third kappa shape index (κ3) is 3.06. The van der Waals surface area contributed by atoms with Crippen LogP contribution in [0.4, 0.5) is 5.95 Å². The predicted octanol–water partition coefficient (Wildman–Crippen LogP) is 3.20. The Hall–Kier alpha value is -2.21. The maximum atomic E-state index is 13.2. The Morgan fingerprint density at radius 2 is 2.04 bits per heavy atom. The van der Waals surface area contributed by atoms with E-state index in [-0.39, 0.29) is 5.56 Å². The Kier molecular flexibility index (Phi) is 4.54. The van der Waals surface area contributed by atoms with Gasteiger partial charge < -0.3 is 4.90 Å². The van der Waals surface area contributed by atoms with Crippen LogP contribution < -0.4 is 10.5 Å². The Morgan fingerprint density at radius 1 is 1.30 bits per heavy atom. The molecule has 0 saturated carbocycles. The van der Waals surface area contributed by atoms with Crippen LogP contribution in [0.5, 0.6) is 0 Å². The summed E-state index contributed by atoms with van der Waals surface area (Å²) < 4.78 is 1.66. The van der Waals surface area contributed by atoms with Crippen molar-refractivity contribution >= 4 is 23.3 Å². The van der Waals surface area contributed by atoms with Crippen LogP contribution in [0.15, 0.2) is 28.2 Å². The lowest BCUT2D eigenvalue weighted by Crippen LogP contribution is -2.42. The van der Waals surface area contributed by atoms with Crippen LogP contribution in [-0.2, 0) is 13.6 Å². The molecule has 0 spiro atoms. The second-order valence-electron chi connectivity index (χ2n) is 7.77. The van der Waals surface area contributed by atoms with Gasteiger partial charge in [-0.3, -0.25) is 19.3 Å². The first-order valence-corrected chi connectivity index (χ1v) is 9.81. The number of halogens is 1. The standard InChI is InChI=1S/C20H24ClN5O/c1-4-20(2)6-9-26(10-7-20)19-24-15-12-23-17(16(15)18(27)25(19)3)13-5-8-22-11-14(13)21/h5,8,11H,4,6-7,9-10,12H2,1-3H3. The molecule has 4 heterocycles. The number of hydrogen-bond donors (Lipinski definition) is 0. The number of hydrogen-bond acceptors (Lipinski definition) is 5. The molecule has 2 aromatic rings. The van der Waals surface area contributed by atoms with Crippen LogP contribution in [-0.4, -0.2) is 33.3 Å². The van der Waals surface area contributed by atoms with Gasteiger partial charge in [0.1, 0.15) is 0 Å². The van der Waals surface area contributed by atoms with Gasteiger partial charge >= 0.3 is 0 Å².